The van der Waals surface area contributed by atoms with Crippen molar-refractivity contribution in [2.45, 2.75) is 38.1 Å². The Kier molecular flexibility index (Phi) is 4.63. The number of aromatic nitrogens is 2. The van der Waals surface area contributed by atoms with E-state index >= 15 is 0 Å². The largest absolute Gasteiger partial charge is 0.493 e. The van der Waals surface area contributed by atoms with Crippen molar-refractivity contribution in [3.05, 3.63) is 11.9 Å². The molecular weight excluding hydrogens is 266 g/mol. The van der Waals surface area contributed by atoms with Crippen molar-refractivity contribution >= 4 is 9.84 Å². The lowest BCUT2D eigenvalue weighted by Crippen LogP contribution is -2.44. The molecule has 0 amide bonds. The normalized spacial score (nSPS) is 14.4. The molecule has 19 heavy (non-hydrogen) atoms. The standard InChI is InChI=1S/C12H23N3O3S/c1-7-15-10(9(18-5)8-14-15)11(13-4)12(2,3)19(6,16)17/h8,11,13H,7H2,1-6H3. The van der Waals surface area contributed by atoms with Gasteiger partial charge in [0.25, 0.3) is 0 Å². The molecule has 0 aromatic carbocycles. The summed E-state index contributed by atoms with van der Waals surface area (Å²) in [5.41, 5.74) is 0.753. The number of hydrogen-bond acceptors (Lipinski definition) is 5. The zero-order valence-electron chi connectivity index (χ0n) is 12.4. The Morgan fingerprint density at radius 2 is 2.11 bits per heavy atom. The van der Waals surface area contributed by atoms with Gasteiger partial charge < -0.3 is 10.1 Å². The van der Waals surface area contributed by atoms with Crippen LogP contribution >= 0.6 is 0 Å². The molecule has 1 aromatic heterocycles. The van der Waals surface area contributed by atoms with Crippen LogP contribution in [-0.4, -0.2) is 43.4 Å². The fourth-order valence-corrected chi connectivity index (χ4v) is 2.76. The maximum Gasteiger partial charge on any atom is 0.161 e. The SMILES string of the molecule is CCn1ncc(OC)c1C(NC)C(C)(C)S(C)(=O)=O. The van der Waals surface area contributed by atoms with E-state index in [1.54, 1.807) is 38.9 Å². The molecule has 7 heteroatoms. The molecule has 1 heterocycles. The summed E-state index contributed by atoms with van der Waals surface area (Å²) in [4.78, 5) is 0. The van der Waals surface area contributed by atoms with Crippen molar-refractivity contribution < 1.29 is 13.2 Å². The lowest BCUT2D eigenvalue weighted by molar-refractivity contribution is 0.372. The van der Waals surface area contributed by atoms with E-state index in [0.29, 0.717) is 12.3 Å². The van der Waals surface area contributed by atoms with Crippen LogP contribution in [0.3, 0.4) is 0 Å². The van der Waals surface area contributed by atoms with Crippen LogP contribution in [0.25, 0.3) is 0 Å². The van der Waals surface area contributed by atoms with Crippen LogP contribution in [0.4, 0.5) is 0 Å². The number of hydrogen-bond donors (Lipinski definition) is 1. The summed E-state index contributed by atoms with van der Waals surface area (Å²) in [6.45, 7) is 6.01. The lowest BCUT2D eigenvalue weighted by atomic mass is 9.99. The second-order valence-corrected chi connectivity index (χ2v) is 7.61. The van der Waals surface area contributed by atoms with Gasteiger partial charge in [0.15, 0.2) is 15.6 Å². The van der Waals surface area contributed by atoms with Crippen LogP contribution < -0.4 is 10.1 Å². The molecule has 110 valence electrons. The Bertz CT molecular complexity index is 513. The highest BCUT2D eigenvalue weighted by molar-refractivity contribution is 7.92. The number of rotatable bonds is 6. The van der Waals surface area contributed by atoms with Crippen molar-refractivity contribution in [1.29, 1.82) is 0 Å². The molecule has 1 rings (SSSR count). The molecule has 1 unspecified atom stereocenters. The Morgan fingerprint density at radius 3 is 2.47 bits per heavy atom. The molecule has 0 saturated carbocycles. The van der Waals surface area contributed by atoms with Gasteiger partial charge in [-0.05, 0) is 27.8 Å². The average Bonchev–Trinajstić information content (AvgIpc) is 2.71. The summed E-state index contributed by atoms with van der Waals surface area (Å²) in [5.74, 6) is 0.595. The molecule has 6 nitrogen and oxygen atoms in total. The van der Waals surface area contributed by atoms with Gasteiger partial charge in [-0.1, -0.05) is 0 Å². The molecule has 1 aromatic rings. The second-order valence-electron chi connectivity index (χ2n) is 5.01. The minimum Gasteiger partial charge on any atom is -0.493 e. The highest BCUT2D eigenvalue weighted by atomic mass is 32.2. The monoisotopic (exact) mass is 289 g/mol. The Labute approximate surface area is 115 Å². The van der Waals surface area contributed by atoms with Gasteiger partial charge in [0.1, 0.15) is 0 Å². The van der Waals surface area contributed by atoms with Crippen molar-refractivity contribution in [2.75, 3.05) is 20.4 Å². The first-order valence-electron chi connectivity index (χ1n) is 6.17. The summed E-state index contributed by atoms with van der Waals surface area (Å²) >= 11 is 0. The number of aryl methyl sites for hydroxylation is 1. The molecule has 0 fully saturated rings. The van der Waals surface area contributed by atoms with Gasteiger partial charge in [-0.3, -0.25) is 4.68 Å². The van der Waals surface area contributed by atoms with Gasteiger partial charge in [-0.15, -0.1) is 0 Å². The maximum atomic E-state index is 12.0. The van der Waals surface area contributed by atoms with Crippen molar-refractivity contribution in [3.8, 4) is 5.75 Å². The molecule has 1 atom stereocenters. The number of methoxy groups -OCH3 is 1. The minimum absolute atomic E-state index is 0.403. The third kappa shape index (κ3) is 2.76. The third-order valence-corrected chi connectivity index (χ3v) is 5.72. The van der Waals surface area contributed by atoms with E-state index in [4.69, 9.17) is 4.74 Å². The fraction of sp³-hybridized carbons (Fsp3) is 0.750. The van der Waals surface area contributed by atoms with Crippen molar-refractivity contribution in [2.24, 2.45) is 0 Å². The number of ether oxygens (including phenoxy) is 1. The quantitative estimate of drug-likeness (QED) is 0.845. The van der Waals surface area contributed by atoms with Gasteiger partial charge in [-0.2, -0.15) is 5.10 Å². The van der Waals surface area contributed by atoms with Gasteiger partial charge in [0.2, 0.25) is 0 Å². The molecule has 1 N–H and O–H groups in total. The number of nitrogens with one attached hydrogen (secondary N) is 1. The molecule has 0 aliphatic heterocycles. The first-order chi connectivity index (χ1) is 8.70. The third-order valence-electron chi connectivity index (χ3n) is 3.58. The molecule has 0 bridgehead atoms. The Hall–Kier alpha value is -1.08. The van der Waals surface area contributed by atoms with Crippen LogP contribution in [0.5, 0.6) is 5.75 Å². The summed E-state index contributed by atoms with van der Waals surface area (Å²) in [7, 11) is 0.0475. The van der Waals surface area contributed by atoms with E-state index in [2.05, 4.69) is 10.4 Å². The Morgan fingerprint density at radius 1 is 1.53 bits per heavy atom. The lowest BCUT2D eigenvalue weighted by Gasteiger charge is -2.33. The van der Waals surface area contributed by atoms with Gasteiger partial charge in [0, 0.05) is 12.8 Å². The summed E-state index contributed by atoms with van der Waals surface area (Å²) in [6, 6.07) is -0.403. The predicted octanol–water partition coefficient (Wildman–Crippen LogP) is 0.995. The van der Waals surface area contributed by atoms with Gasteiger partial charge >= 0.3 is 0 Å². The van der Waals surface area contributed by atoms with Crippen LogP contribution in [0.1, 0.15) is 32.5 Å². The first kappa shape index (κ1) is 16.0. The second kappa shape index (κ2) is 5.50. The topological polar surface area (TPSA) is 73.2 Å². The fourth-order valence-electron chi connectivity index (χ4n) is 2.11. The van der Waals surface area contributed by atoms with Gasteiger partial charge in [-0.25, -0.2) is 8.42 Å². The van der Waals surface area contributed by atoms with E-state index in [1.807, 2.05) is 6.92 Å². The van der Waals surface area contributed by atoms with E-state index in [1.165, 1.54) is 6.26 Å². The molecule has 0 spiro atoms. The van der Waals surface area contributed by atoms with E-state index in [-0.39, 0.29) is 0 Å². The van der Waals surface area contributed by atoms with E-state index < -0.39 is 20.6 Å². The minimum atomic E-state index is -3.25. The van der Waals surface area contributed by atoms with Crippen LogP contribution in [0.15, 0.2) is 6.20 Å². The molecule has 0 saturated heterocycles. The molecule has 0 aliphatic carbocycles. The highest BCUT2D eigenvalue weighted by Crippen LogP contribution is 2.36. The number of nitrogens with zero attached hydrogens (tertiary/aromatic N) is 2. The summed E-state index contributed by atoms with van der Waals surface area (Å²) < 4.78 is 30.2. The van der Waals surface area contributed by atoms with Crippen molar-refractivity contribution in [1.82, 2.24) is 15.1 Å². The predicted molar refractivity (Wildman–Crippen MR) is 75.2 cm³/mol. The summed E-state index contributed by atoms with van der Waals surface area (Å²) in [6.07, 6.45) is 2.86. The van der Waals surface area contributed by atoms with E-state index in [9.17, 15) is 8.42 Å². The van der Waals surface area contributed by atoms with Crippen LogP contribution in [0.2, 0.25) is 0 Å². The van der Waals surface area contributed by atoms with Crippen molar-refractivity contribution in [3.63, 3.8) is 0 Å². The maximum absolute atomic E-state index is 12.0. The smallest absolute Gasteiger partial charge is 0.161 e. The average molecular weight is 289 g/mol. The van der Waals surface area contributed by atoms with E-state index in [0.717, 1.165) is 5.69 Å². The number of sulfone groups is 1. The van der Waals surface area contributed by atoms with Crippen LogP contribution in [0, 0.1) is 0 Å². The molecular formula is C12H23N3O3S. The zero-order valence-corrected chi connectivity index (χ0v) is 13.2. The Balaban J connectivity index is 3.43. The van der Waals surface area contributed by atoms with Crippen LogP contribution in [-0.2, 0) is 16.4 Å². The van der Waals surface area contributed by atoms with Gasteiger partial charge in [0.05, 0.1) is 29.8 Å². The molecule has 0 aliphatic rings. The molecule has 0 radical (unpaired) electrons. The first-order valence-corrected chi connectivity index (χ1v) is 8.06. The zero-order chi connectivity index (χ0) is 14.8. The highest BCUT2D eigenvalue weighted by Gasteiger charge is 2.42. The summed E-state index contributed by atoms with van der Waals surface area (Å²) in [5, 5.41) is 7.31.